The Morgan fingerprint density at radius 1 is 1.14 bits per heavy atom. The largest absolute Gasteiger partial charge is 0.339 e. The number of hydrogen-bond donors (Lipinski definition) is 1. The Balaban J connectivity index is 1.44. The molecule has 7 nitrogen and oxygen atoms in total. The Hall–Kier alpha value is -3.26. The second-order valence-corrected chi connectivity index (χ2v) is 7.24. The highest BCUT2D eigenvalue weighted by molar-refractivity contribution is 6.12. The number of fused-ring (bicyclic) bond motifs is 1. The first-order chi connectivity index (χ1) is 14.0. The third kappa shape index (κ3) is 4.27. The number of carbonyl (C=O) groups excluding carboxylic acids is 2. The maximum atomic E-state index is 13.9. The molecular weight excluding hydrogens is 373 g/mol. The van der Waals surface area contributed by atoms with Crippen LogP contribution in [0.1, 0.15) is 10.4 Å². The molecule has 0 radical (unpaired) electrons. The van der Waals surface area contributed by atoms with Gasteiger partial charge in [-0.15, -0.1) is 0 Å². The van der Waals surface area contributed by atoms with Gasteiger partial charge >= 0.3 is 0 Å². The Morgan fingerprint density at radius 2 is 1.90 bits per heavy atom. The molecule has 1 N–H and O–H groups in total. The van der Waals surface area contributed by atoms with Gasteiger partial charge in [-0.05, 0) is 30.0 Å². The molecule has 29 heavy (non-hydrogen) atoms. The fraction of sp³-hybridized carbons (Fsp3) is 0.286. The summed E-state index contributed by atoms with van der Waals surface area (Å²) in [6.07, 6.45) is 3.09. The van der Waals surface area contributed by atoms with Crippen molar-refractivity contribution in [1.82, 2.24) is 19.6 Å². The number of carbonyl (C=O) groups is 2. The second-order valence-electron chi connectivity index (χ2n) is 7.24. The van der Waals surface area contributed by atoms with E-state index in [1.807, 2.05) is 11.9 Å². The minimum atomic E-state index is -0.470. The molecule has 0 atom stereocenters. The summed E-state index contributed by atoms with van der Waals surface area (Å²) in [5, 5.41) is 8.23. The van der Waals surface area contributed by atoms with Crippen LogP contribution in [0.4, 0.5) is 10.1 Å². The van der Waals surface area contributed by atoms with E-state index in [1.165, 1.54) is 23.0 Å². The van der Waals surface area contributed by atoms with E-state index in [1.54, 1.807) is 30.5 Å². The Labute approximate surface area is 167 Å². The van der Waals surface area contributed by atoms with Gasteiger partial charge in [-0.2, -0.15) is 5.10 Å². The SMILES string of the molecule is CN1CCN(C(=O)Cn2cc(NC(=O)c3cc(F)cc4ccccc34)cn2)CC1. The van der Waals surface area contributed by atoms with E-state index in [2.05, 4.69) is 15.3 Å². The maximum Gasteiger partial charge on any atom is 0.256 e. The molecule has 0 bridgehead atoms. The van der Waals surface area contributed by atoms with Gasteiger partial charge in [-0.25, -0.2) is 4.39 Å². The monoisotopic (exact) mass is 395 g/mol. The van der Waals surface area contributed by atoms with Gasteiger partial charge < -0.3 is 15.1 Å². The second kappa shape index (κ2) is 8.00. The number of halogens is 1. The minimum Gasteiger partial charge on any atom is -0.339 e. The molecule has 1 fully saturated rings. The van der Waals surface area contributed by atoms with Gasteiger partial charge in [0.05, 0.1) is 17.4 Å². The standard InChI is InChI=1S/C21H22FN5O2/c1-25-6-8-26(9-7-25)20(28)14-27-13-17(12-23-27)24-21(29)19-11-16(22)10-15-4-2-3-5-18(15)19/h2-5,10-13H,6-9,14H2,1H3,(H,24,29). The Morgan fingerprint density at radius 3 is 2.69 bits per heavy atom. The molecule has 2 amide bonds. The summed E-state index contributed by atoms with van der Waals surface area (Å²) in [5.41, 5.74) is 0.705. The molecule has 8 heteroatoms. The molecule has 1 aliphatic heterocycles. The average Bonchev–Trinajstić information content (AvgIpc) is 3.14. The Bertz CT molecular complexity index is 1060. The summed E-state index contributed by atoms with van der Waals surface area (Å²) in [6.45, 7) is 3.23. The number of amides is 2. The van der Waals surface area contributed by atoms with Crippen LogP contribution in [0, 0.1) is 5.82 Å². The highest BCUT2D eigenvalue weighted by Crippen LogP contribution is 2.21. The van der Waals surface area contributed by atoms with Crippen molar-refractivity contribution >= 4 is 28.3 Å². The molecule has 0 saturated carbocycles. The molecule has 4 rings (SSSR count). The molecule has 1 aliphatic rings. The van der Waals surface area contributed by atoms with Gasteiger partial charge in [-0.3, -0.25) is 14.3 Å². The predicted molar refractivity (Wildman–Crippen MR) is 108 cm³/mol. The average molecular weight is 395 g/mol. The number of nitrogens with one attached hydrogen (secondary N) is 1. The zero-order chi connectivity index (χ0) is 20.4. The third-order valence-electron chi connectivity index (χ3n) is 5.12. The molecule has 1 aromatic heterocycles. The summed E-state index contributed by atoms with van der Waals surface area (Å²) in [6, 6.07) is 9.76. The molecule has 0 aliphatic carbocycles. The smallest absolute Gasteiger partial charge is 0.256 e. The lowest BCUT2D eigenvalue weighted by Gasteiger charge is -2.32. The van der Waals surface area contributed by atoms with Crippen molar-refractivity contribution in [2.75, 3.05) is 38.5 Å². The van der Waals surface area contributed by atoms with Gasteiger partial charge in [0.25, 0.3) is 5.91 Å². The van der Waals surface area contributed by atoms with Crippen molar-refractivity contribution in [3.63, 3.8) is 0 Å². The van der Waals surface area contributed by atoms with E-state index in [-0.39, 0.29) is 18.0 Å². The number of anilines is 1. The van der Waals surface area contributed by atoms with Crippen molar-refractivity contribution in [1.29, 1.82) is 0 Å². The lowest BCUT2D eigenvalue weighted by Crippen LogP contribution is -2.48. The zero-order valence-corrected chi connectivity index (χ0v) is 16.1. The fourth-order valence-corrected chi connectivity index (χ4v) is 3.47. The number of benzene rings is 2. The normalized spacial score (nSPS) is 14.9. The van der Waals surface area contributed by atoms with Crippen LogP contribution in [0.2, 0.25) is 0 Å². The van der Waals surface area contributed by atoms with Crippen LogP contribution in [0.5, 0.6) is 0 Å². The number of likely N-dealkylation sites (N-methyl/N-ethyl adjacent to an activating group) is 1. The molecule has 0 spiro atoms. The van der Waals surface area contributed by atoms with Crippen molar-refractivity contribution in [3.05, 3.63) is 60.2 Å². The van der Waals surface area contributed by atoms with Crippen LogP contribution in [0.3, 0.4) is 0 Å². The van der Waals surface area contributed by atoms with Crippen LogP contribution in [0.15, 0.2) is 48.8 Å². The first-order valence-corrected chi connectivity index (χ1v) is 9.48. The van der Waals surface area contributed by atoms with Gasteiger partial charge in [-0.1, -0.05) is 24.3 Å². The molecular formula is C21H22FN5O2. The lowest BCUT2D eigenvalue weighted by atomic mass is 10.0. The highest BCUT2D eigenvalue weighted by Gasteiger charge is 2.20. The molecule has 2 heterocycles. The number of hydrogen-bond acceptors (Lipinski definition) is 4. The van der Waals surface area contributed by atoms with Crippen molar-refractivity contribution in [2.24, 2.45) is 0 Å². The van der Waals surface area contributed by atoms with Gasteiger partial charge in [0.1, 0.15) is 12.4 Å². The van der Waals surface area contributed by atoms with Crippen molar-refractivity contribution < 1.29 is 14.0 Å². The molecule has 2 aromatic carbocycles. The van der Waals surface area contributed by atoms with Crippen LogP contribution >= 0.6 is 0 Å². The van der Waals surface area contributed by atoms with Crippen LogP contribution in [-0.2, 0) is 11.3 Å². The van der Waals surface area contributed by atoms with E-state index < -0.39 is 11.7 Å². The van der Waals surface area contributed by atoms with Gasteiger partial charge in [0, 0.05) is 32.4 Å². The van der Waals surface area contributed by atoms with E-state index in [9.17, 15) is 14.0 Å². The Kier molecular flexibility index (Phi) is 5.26. The van der Waals surface area contributed by atoms with Gasteiger partial charge in [0.2, 0.25) is 5.91 Å². The summed E-state index contributed by atoms with van der Waals surface area (Å²) >= 11 is 0. The molecule has 1 saturated heterocycles. The predicted octanol–water partition coefficient (Wildman–Crippen LogP) is 2.20. The number of rotatable bonds is 4. The summed E-state index contributed by atoms with van der Waals surface area (Å²) in [4.78, 5) is 29.1. The topological polar surface area (TPSA) is 70.5 Å². The minimum absolute atomic E-state index is 0.00444. The molecule has 3 aromatic rings. The quantitative estimate of drug-likeness (QED) is 0.735. The number of nitrogens with zero attached hydrogens (tertiary/aromatic N) is 4. The maximum absolute atomic E-state index is 13.9. The van der Waals surface area contributed by atoms with Crippen molar-refractivity contribution in [3.8, 4) is 0 Å². The summed E-state index contributed by atoms with van der Waals surface area (Å²) in [5.74, 6) is -0.900. The zero-order valence-electron chi connectivity index (χ0n) is 16.1. The fourth-order valence-electron chi connectivity index (χ4n) is 3.47. The first-order valence-electron chi connectivity index (χ1n) is 9.48. The number of aromatic nitrogens is 2. The lowest BCUT2D eigenvalue weighted by molar-refractivity contribution is -0.133. The van der Waals surface area contributed by atoms with Crippen LogP contribution < -0.4 is 5.32 Å². The summed E-state index contributed by atoms with van der Waals surface area (Å²) < 4.78 is 15.4. The van der Waals surface area contributed by atoms with E-state index in [0.717, 1.165) is 13.1 Å². The van der Waals surface area contributed by atoms with E-state index in [0.29, 0.717) is 29.5 Å². The van der Waals surface area contributed by atoms with E-state index in [4.69, 9.17) is 0 Å². The summed E-state index contributed by atoms with van der Waals surface area (Å²) in [7, 11) is 2.03. The van der Waals surface area contributed by atoms with E-state index >= 15 is 0 Å². The molecule has 150 valence electrons. The first kappa shape index (κ1) is 19.1. The van der Waals surface area contributed by atoms with Gasteiger partial charge in [0.15, 0.2) is 0 Å². The van der Waals surface area contributed by atoms with Crippen LogP contribution in [0.25, 0.3) is 10.8 Å². The molecule has 0 unspecified atom stereocenters. The van der Waals surface area contributed by atoms with Crippen LogP contribution in [-0.4, -0.2) is 64.6 Å². The highest BCUT2D eigenvalue weighted by atomic mass is 19.1. The third-order valence-corrected chi connectivity index (χ3v) is 5.12. The van der Waals surface area contributed by atoms with Crippen molar-refractivity contribution in [2.45, 2.75) is 6.54 Å². The number of piperazine rings is 1.